The molecular weight excluding hydrogens is 357 g/mol. The Morgan fingerprint density at radius 2 is 0.800 bits per heavy atom. The Hall–Kier alpha value is 0.690. The lowest BCUT2D eigenvalue weighted by Crippen LogP contribution is -3.00. The summed E-state index contributed by atoms with van der Waals surface area (Å²) in [5.74, 6) is 0. The monoisotopic (exact) mass is 397 g/mol. The Kier molecular flexibility index (Phi) is 18.4. The molecule has 0 saturated carbocycles. The molecule has 0 aliphatic carbocycles. The molecule has 0 aromatic carbocycles. The summed E-state index contributed by atoms with van der Waals surface area (Å²) in [5.41, 5.74) is 0. The van der Waals surface area contributed by atoms with Crippen LogP contribution in [0.4, 0.5) is 0 Å². The van der Waals surface area contributed by atoms with E-state index in [1.165, 1.54) is 94.6 Å². The van der Waals surface area contributed by atoms with Gasteiger partial charge in [-0.25, -0.2) is 0 Å². The second-order valence-electron chi connectivity index (χ2n) is 6.92. The minimum absolute atomic E-state index is 0. The fourth-order valence-electron chi connectivity index (χ4n) is 2.75. The molecule has 0 N–H and O–H groups in total. The highest BCUT2D eigenvalue weighted by Gasteiger charge is 2.13. The SMILES string of the molecule is CCCCCCCC[N+](C)(C)CCCCCCCC.[I-]. The summed E-state index contributed by atoms with van der Waals surface area (Å²) in [5, 5.41) is 0. The van der Waals surface area contributed by atoms with Gasteiger partial charge >= 0.3 is 0 Å². The molecule has 0 aliphatic heterocycles. The standard InChI is InChI=1S/C18H40N.HI/c1-5-7-9-11-13-15-17-19(3,4)18-16-14-12-10-8-6-2;/h5-18H2,1-4H3;1H/q+1;/p-1. The van der Waals surface area contributed by atoms with E-state index >= 15 is 0 Å². The maximum Gasteiger partial charge on any atom is 0.0782 e. The Morgan fingerprint density at radius 3 is 1.15 bits per heavy atom. The van der Waals surface area contributed by atoms with E-state index in [9.17, 15) is 0 Å². The lowest BCUT2D eigenvalue weighted by Gasteiger charge is -2.30. The summed E-state index contributed by atoms with van der Waals surface area (Å²) >= 11 is 0. The Labute approximate surface area is 146 Å². The summed E-state index contributed by atoms with van der Waals surface area (Å²) < 4.78 is 1.24. The fourth-order valence-corrected chi connectivity index (χ4v) is 2.75. The number of nitrogens with zero attached hydrogens (tertiary/aromatic N) is 1. The van der Waals surface area contributed by atoms with Crippen molar-refractivity contribution in [2.75, 3.05) is 27.2 Å². The normalized spacial score (nSPS) is 11.4. The summed E-state index contributed by atoms with van der Waals surface area (Å²) in [4.78, 5) is 0. The second-order valence-corrected chi connectivity index (χ2v) is 6.92. The quantitative estimate of drug-likeness (QED) is 0.240. The van der Waals surface area contributed by atoms with E-state index in [1.807, 2.05) is 0 Å². The van der Waals surface area contributed by atoms with Gasteiger partial charge in [-0.2, -0.15) is 0 Å². The molecule has 0 radical (unpaired) electrons. The van der Waals surface area contributed by atoms with Crippen LogP contribution in [0.1, 0.15) is 90.9 Å². The first-order valence-corrected chi connectivity index (χ1v) is 8.94. The molecule has 0 spiro atoms. The molecule has 1 nitrogen and oxygen atoms in total. The van der Waals surface area contributed by atoms with E-state index < -0.39 is 0 Å². The van der Waals surface area contributed by atoms with E-state index in [1.54, 1.807) is 0 Å². The van der Waals surface area contributed by atoms with Crippen LogP contribution in [0.3, 0.4) is 0 Å². The maximum absolute atomic E-state index is 2.41. The van der Waals surface area contributed by atoms with Gasteiger partial charge in [-0.05, 0) is 25.7 Å². The molecule has 124 valence electrons. The molecule has 0 amide bonds. The molecule has 0 aromatic heterocycles. The van der Waals surface area contributed by atoms with Gasteiger partial charge in [0.25, 0.3) is 0 Å². The van der Waals surface area contributed by atoms with E-state index in [2.05, 4.69) is 27.9 Å². The largest absolute Gasteiger partial charge is 1.00 e. The summed E-state index contributed by atoms with van der Waals surface area (Å²) in [6.07, 6.45) is 17.1. The molecule has 20 heavy (non-hydrogen) atoms. The van der Waals surface area contributed by atoms with Crippen LogP contribution < -0.4 is 24.0 Å². The van der Waals surface area contributed by atoms with Crippen LogP contribution in [0.5, 0.6) is 0 Å². The molecule has 2 heteroatoms. The third-order valence-electron chi connectivity index (χ3n) is 4.23. The number of halogens is 1. The van der Waals surface area contributed by atoms with Gasteiger partial charge in [0, 0.05) is 0 Å². The Bertz CT molecular complexity index is 162. The van der Waals surface area contributed by atoms with E-state index in [0.717, 1.165) is 0 Å². The third kappa shape index (κ3) is 16.7. The first-order chi connectivity index (χ1) is 9.12. The molecular formula is C18H40IN. The average molecular weight is 397 g/mol. The minimum Gasteiger partial charge on any atom is -1.00 e. The highest BCUT2D eigenvalue weighted by Crippen LogP contribution is 2.11. The van der Waals surface area contributed by atoms with Crippen molar-refractivity contribution in [3.8, 4) is 0 Å². The summed E-state index contributed by atoms with van der Waals surface area (Å²) in [7, 11) is 4.83. The summed E-state index contributed by atoms with van der Waals surface area (Å²) in [6.45, 7) is 7.34. The lowest BCUT2D eigenvalue weighted by atomic mass is 10.1. The fraction of sp³-hybridized carbons (Fsp3) is 1.00. The Balaban J connectivity index is 0. The van der Waals surface area contributed by atoms with Crippen LogP contribution in [0.2, 0.25) is 0 Å². The van der Waals surface area contributed by atoms with E-state index in [4.69, 9.17) is 0 Å². The number of quaternary nitrogens is 1. The van der Waals surface area contributed by atoms with Crippen LogP contribution in [0.15, 0.2) is 0 Å². The van der Waals surface area contributed by atoms with Crippen molar-refractivity contribution < 1.29 is 28.5 Å². The van der Waals surface area contributed by atoms with Crippen molar-refractivity contribution in [2.45, 2.75) is 90.9 Å². The number of hydrogen-bond acceptors (Lipinski definition) is 0. The Morgan fingerprint density at radius 1 is 0.500 bits per heavy atom. The van der Waals surface area contributed by atoms with Crippen molar-refractivity contribution in [1.82, 2.24) is 0 Å². The highest BCUT2D eigenvalue weighted by atomic mass is 127. The summed E-state index contributed by atoms with van der Waals surface area (Å²) in [6, 6.07) is 0. The van der Waals surface area contributed by atoms with Crippen LogP contribution in [0, 0.1) is 0 Å². The number of hydrogen-bond donors (Lipinski definition) is 0. The first kappa shape index (κ1) is 23.0. The third-order valence-corrected chi connectivity index (χ3v) is 4.23. The lowest BCUT2D eigenvalue weighted by molar-refractivity contribution is -0.890. The van der Waals surface area contributed by atoms with Gasteiger partial charge in [-0.3, -0.25) is 0 Å². The van der Waals surface area contributed by atoms with Crippen LogP contribution in [-0.4, -0.2) is 31.7 Å². The maximum atomic E-state index is 2.41. The molecule has 0 atom stereocenters. The van der Waals surface area contributed by atoms with Gasteiger partial charge in [0.1, 0.15) is 0 Å². The van der Waals surface area contributed by atoms with Crippen molar-refractivity contribution in [2.24, 2.45) is 0 Å². The minimum atomic E-state index is 0. The zero-order chi connectivity index (χ0) is 14.4. The van der Waals surface area contributed by atoms with Crippen LogP contribution in [-0.2, 0) is 0 Å². The predicted octanol–water partition coefficient (Wildman–Crippen LogP) is 2.79. The van der Waals surface area contributed by atoms with Crippen molar-refractivity contribution >= 4 is 0 Å². The van der Waals surface area contributed by atoms with Crippen molar-refractivity contribution in [1.29, 1.82) is 0 Å². The zero-order valence-electron chi connectivity index (χ0n) is 14.7. The van der Waals surface area contributed by atoms with Crippen LogP contribution in [0.25, 0.3) is 0 Å². The van der Waals surface area contributed by atoms with E-state index in [-0.39, 0.29) is 24.0 Å². The zero-order valence-corrected chi connectivity index (χ0v) is 16.9. The molecule has 0 bridgehead atoms. The van der Waals surface area contributed by atoms with Gasteiger partial charge in [0.2, 0.25) is 0 Å². The molecule has 0 saturated heterocycles. The van der Waals surface area contributed by atoms with Gasteiger partial charge < -0.3 is 28.5 Å². The van der Waals surface area contributed by atoms with Crippen molar-refractivity contribution in [3.63, 3.8) is 0 Å². The second kappa shape index (κ2) is 16.1. The average Bonchev–Trinajstić information content (AvgIpc) is 2.38. The molecule has 0 aromatic rings. The number of unbranched alkanes of at least 4 members (excludes halogenated alkanes) is 10. The molecule has 0 unspecified atom stereocenters. The predicted molar refractivity (Wildman–Crippen MR) is 88.6 cm³/mol. The highest BCUT2D eigenvalue weighted by molar-refractivity contribution is 4.46. The topological polar surface area (TPSA) is 0 Å². The van der Waals surface area contributed by atoms with Gasteiger partial charge in [-0.15, -0.1) is 0 Å². The van der Waals surface area contributed by atoms with Crippen LogP contribution >= 0.6 is 0 Å². The van der Waals surface area contributed by atoms with Gasteiger partial charge in [0.15, 0.2) is 0 Å². The van der Waals surface area contributed by atoms with Gasteiger partial charge in [-0.1, -0.05) is 65.2 Å². The molecule has 0 fully saturated rings. The van der Waals surface area contributed by atoms with Gasteiger partial charge in [0.05, 0.1) is 27.2 Å². The molecule has 0 rings (SSSR count). The molecule has 0 aliphatic rings. The van der Waals surface area contributed by atoms with Crippen molar-refractivity contribution in [3.05, 3.63) is 0 Å². The molecule has 0 heterocycles. The van der Waals surface area contributed by atoms with E-state index in [0.29, 0.717) is 0 Å². The number of rotatable bonds is 14. The first-order valence-electron chi connectivity index (χ1n) is 8.94. The smallest absolute Gasteiger partial charge is 0.0782 e.